The number of thiazole rings is 1. The molecule has 0 saturated carbocycles. The Bertz CT molecular complexity index is 500. The van der Waals surface area contributed by atoms with Gasteiger partial charge in [-0.3, -0.25) is 4.98 Å². The molecule has 0 fully saturated rings. The van der Waals surface area contributed by atoms with Gasteiger partial charge < -0.3 is 14.8 Å². The molecule has 102 valence electrons. The van der Waals surface area contributed by atoms with Crippen LogP contribution in [0.5, 0.6) is 11.5 Å². The van der Waals surface area contributed by atoms with Crippen LogP contribution in [-0.4, -0.2) is 18.6 Å². The molecule has 0 radical (unpaired) electrons. The normalized spacial score (nSPS) is 10.4. The van der Waals surface area contributed by atoms with E-state index in [1.165, 1.54) is 0 Å². The van der Waals surface area contributed by atoms with Gasteiger partial charge in [-0.05, 0) is 12.6 Å². The Morgan fingerprint density at radius 1 is 1.37 bits per heavy atom. The number of hydrogen-bond acceptors (Lipinski definition) is 5. The predicted molar refractivity (Wildman–Crippen MR) is 76.8 cm³/mol. The largest absolute Gasteiger partial charge is 0.493 e. The van der Waals surface area contributed by atoms with Crippen LogP contribution < -0.4 is 14.8 Å². The van der Waals surface area contributed by atoms with Crippen molar-refractivity contribution in [3.8, 4) is 11.5 Å². The second-order valence-corrected chi connectivity index (χ2v) is 4.96. The quantitative estimate of drug-likeness (QED) is 0.846. The Kier molecular flexibility index (Phi) is 5.18. The number of benzene rings is 1. The van der Waals surface area contributed by atoms with E-state index in [2.05, 4.69) is 17.2 Å². The number of rotatable bonds is 7. The van der Waals surface area contributed by atoms with E-state index in [-0.39, 0.29) is 0 Å². The summed E-state index contributed by atoms with van der Waals surface area (Å²) >= 11 is 1.59. The van der Waals surface area contributed by atoms with Crippen molar-refractivity contribution in [2.45, 2.75) is 20.1 Å². The highest BCUT2D eigenvalue weighted by Gasteiger charge is 2.10. The van der Waals surface area contributed by atoms with Crippen LogP contribution in [-0.2, 0) is 13.2 Å². The van der Waals surface area contributed by atoms with Crippen LogP contribution in [0.25, 0.3) is 0 Å². The zero-order chi connectivity index (χ0) is 13.5. The number of hydrogen-bond donors (Lipinski definition) is 1. The topological polar surface area (TPSA) is 43.4 Å². The van der Waals surface area contributed by atoms with E-state index >= 15 is 0 Å². The first-order chi connectivity index (χ1) is 9.35. The molecule has 0 unspecified atom stereocenters. The van der Waals surface area contributed by atoms with Gasteiger partial charge in [0.25, 0.3) is 0 Å². The minimum Gasteiger partial charge on any atom is -0.493 e. The van der Waals surface area contributed by atoms with Crippen molar-refractivity contribution < 1.29 is 9.47 Å². The van der Waals surface area contributed by atoms with Gasteiger partial charge in [0.1, 0.15) is 6.61 Å². The lowest BCUT2D eigenvalue weighted by Gasteiger charge is -2.14. The highest BCUT2D eigenvalue weighted by molar-refractivity contribution is 7.09. The maximum Gasteiger partial charge on any atom is 0.166 e. The van der Waals surface area contributed by atoms with Gasteiger partial charge >= 0.3 is 0 Å². The lowest BCUT2D eigenvalue weighted by atomic mass is 10.2. The SMILES string of the molecule is CCNCc1cccc(OC)c1OCc1cncs1. The Hall–Kier alpha value is -1.59. The van der Waals surface area contributed by atoms with Crippen LogP contribution in [0, 0.1) is 0 Å². The summed E-state index contributed by atoms with van der Waals surface area (Å²) in [6.45, 7) is 4.29. The lowest BCUT2D eigenvalue weighted by Crippen LogP contribution is -2.13. The molecule has 5 heteroatoms. The van der Waals surface area contributed by atoms with Gasteiger partial charge in [-0.15, -0.1) is 11.3 Å². The fourth-order valence-corrected chi connectivity index (χ4v) is 2.25. The van der Waals surface area contributed by atoms with E-state index in [0.717, 1.165) is 35.0 Å². The number of nitrogens with zero attached hydrogens (tertiary/aromatic N) is 1. The van der Waals surface area contributed by atoms with E-state index in [9.17, 15) is 0 Å². The molecule has 1 heterocycles. The molecule has 19 heavy (non-hydrogen) atoms. The van der Waals surface area contributed by atoms with E-state index < -0.39 is 0 Å². The fraction of sp³-hybridized carbons (Fsp3) is 0.357. The summed E-state index contributed by atoms with van der Waals surface area (Å²) in [5, 5.41) is 3.30. The molecule has 0 aliphatic heterocycles. The summed E-state index contributed by atoms with van der Waals surface area (Å²) in [7, 11) is 1.66. The molecule has 0 aliphatic rings. The molecular formula is C14H18N2O2S. The molecule has 0 aliphatic carbocycles. The first-order valence-electron chi connectivity index (χ1n) is 6.22. The third-order valence-electron chi connectivity index (χ3n) is 2.69. The molecule has 0 bridgehead atoms. The number of aromatic nitrogens is 1. The zero-order valence-corrected chi connectivity index (χ0v) is 12.0. The van der Waals surface area contributed by atoms with E-state index in [1.54, 1.807) is 24.0 Å². The average Bonchev–Trinajstić information content (AvgIpc) is 2.96. The number of para-hydroxylation sites is 1. The van der Waals surface area contributed by atoms with Gasteiger partial charge in [-0.25, -0.2) is 0 Å². The summed E-state index contributed by atoms with van der Waals surface area (Å²) in [6, 6.07) is 5.94. The van der Waals surface area contributed by atoms with Gasteiger partial charge in [0.2, 0.25) is 0 Å². The highest BCUT2D eigenvalue weighted by atomic mass is 32.1. The Morgan fingerprint density at radius 2 is 2.26 bits per heavy atom. The molecular weight excluding hydrogens is 260 g/mol. The van der Waals surface area contributed by atoms with E-state index in [0.29, 0.717) is 6.61 Å². The van der Waals surface area contributed by atoms with Crippen molar-refractivity contribution in [1.29, 1.82) is 0 Å². The fourth-order valence-electron chi connectivity index (χ4n) is 1.74. The standard InChI is InChI=1S/C14H18N2O2S/c1-3-15-7-11-5-4-6-13(17-2)14(11)18-9-12-8-16-10-19-12/h4-6,8,10,15H,3,7,9H2,1-2H3. The van der Waals surface area contributed by atoms with Crippen LogP contribution in [0.15, 0.2) is 29.9 Å². The van der Waals surface area contributed by atoms with Crippen LogP contribution >= 0.6 is 11.3 Å². The van der Waals surface area contributed by atoms with Gasteiger partial charge in [0.15, 0.2) is 11.5 Å². The highest BCUT2D eigenvalue weighted by Crippen LogP contribution is 2.32. The monoisotopic (exact) mass is 278 g/mol. The summed E-state index contributed by atoms with van der Waals surface area (Å²) in [6.07, 6.45) is 1.82. The van der Waals surface area contributed by atoms with Crippen molar-refractivity contribution in [1.82, 2.24) is 10.3 Å². The Balaban J connectivity index is 2.14. The summed E-state index contributed by atoms with van der Waals surface area (Å²) in [4.78, 5) is 5.14. The minimum atomic E-state index is 0.518. The smallest absolute Gasteiger partial charge is 0.166 e. The Labute approximate surface area is 117 Å². The molecule has 0 atom stereocenters. The van der Waals surface area contributed by atoms with Crippen molar-refractivity contribution in [3.05, 3.63) is 40.3 Å². The molecule has 0 amide bonds. The molecule has 1 N–H and O–H groups in total. The van der Waals surface area contributed by atoms with Gasteiger partial charge in [0.05, 0.1) is 17.5 Å². The molecule has 4 nitrogen and oxygen atoms in total. The third-order valence-corrected chi connectivity index (χ3v) is 3.44. The predicted octanol–water partition coefficient (Wildman–Crippen LogP) is 2.84. The number of methoxy groups -OCH3 is 1. The number of nitrogens with one attached hydrogen (secondary N) is 1. The van der Waals surface area contributed by atoms with Crippen molar-refractivity contribution in [3.63, 3.8) is 0 Å². The summed E-state index contributed by atoms with van der Waals surface area (Å²) in [5.41, 5.74) is 2.91. The van der Waals surface area contributed by atoms with E-state index in [1.807, 2.05) is 24.4 Å². The second kappa shape index (κ2) is 7.11. The van der Waals surface area contributed by atoms with Crippen LogP contribution in [0.1, 0.15) is 17.4 Å². The molecule has 2 aromatic rings. The first-order valence-corrected chi connectivity index (χ1v) is 7.10. The van der Waals surface area contributed by atoms with Gasteiger partial charge in [0, 0.05) is 18.3 Å². The maximum absolute atomic E-state index is 5.91. The van der Waals surface area contributed by atoms with Crippen LogP contribution in [0.2, 0.25) is 0 Å². The zero-order valence-electron chi connectivity index (χ0n) is 11.2. The van der Waals surface area contributed by atoms with E-state index in [4.69, 9.17) is 9.47 Å². The molecule has 0 saturated heterocycles. The van der Waals surface area contributed by atoms with Crippen molar-refractivity contribution in [2.24, 2.45) is 0 Å². The van der Waals surface area contributed by atoms with Crippen molar-refractivity contribution in [2.75, 3.05) is 13.7 Å². The van der Waals surface area contributed by atoms with Crippen LogP contribution in [0.4, 0.5) is 0 Å². The molecule has 1 aromatic carbocycles. The van der Waals surface area contributed by atoms with Gasteiger partial charge in [-0.2, -0.15) is 0 Å². The molecule has 2 rings (SSSR count). The van der Waals surface area contributed by atoms with Crippen molar-refractivity contribution >= 4 is 11.3 Å². The molecule has 0 spiro atoms. The first kappa shape index (κ1) is 13.8. The second-order valence-electron chi connectivity index (χ2n) is 3.99. The Morgan fingerprint density at radius 3 is 2.95 bits per heavy atom. The summed E-state index contributed by atoms with van der Waals surface area (Å²) < 4.78 is 11.3. The van der Waals surface area contributed by atoms with Gasteiger partial charge in [-0.1, -0.05) is 19.1 Å². The third kappa shape index (κ3) is 3.68. The average molecular weight is 278 g/mol. The lowest BCUT2D eigenvalue weighted by molar-refractivity contribution is 0.283. The summed E-state index contributed by atoms with van der Waals surface area (Å²) in [5.74, 6) is 1.57. The molecule has 1 aromatic heterocycles. The number of ether oxygens (including phenoxy) is 2. The minimum absolute atomic E-state index is 0.518. The van der Waals surface area contributed by atoms with Crippen LogP contribution in [0.3, 0.4) is 0 Å². The maximum atomic E-state index is 5.91.